The molecule has 0 bridgehead atoms. The highest BCUT2D eigenvalue weighted by Crippen LogP contribution is 2.36. The fourth-order valence-corrected chi connectivity index (χ4v) is 5.29. The summed E-state index contributed by atoms with van der Waals surface area (Å²) < 4.78 is 32.8. The van der Waals surface area contributed by atoms with Crippen LogP contribution in [0.25, 0.3) is 0 Å². The highest BCUT2D eigenvalue weighted by Gasteiger charge is 2.35. The number of ether oxygens (including phenoxy) is 1. The van der Waals surface area contributed by atoms with Crippen LogP contribution in [0.5, 0.6) is 5.75 Å². The van der Waals surface area contributed by atoms with Crippen molar-refractivity contribution < 1.29 is 13.2 Å². The minimum Gasteiger partial charge on any atom is -0.497 e. The molecule has 7 heteroatoms. The number of rotatable bonds is 5. The normalized spacial score (nSPS) is 18.4. The van der Waals surface area contributed by atoms with Gasteiger partial charge in [0.2, 0.25) is 10.0 Å². The van der Waals surface area contributed by atoms with Gasteiger partial charge in [-0.3, -0.25) is 0 Å². The van der Waals surface area contributed by atoms with E-state index in [-0.39, 0.29) is 11.8 Å². The van der Waals surface area contributed by atoms with Gasteiger partial charge in [0.25, 0.3) is 0 Å². The maximum atomic E-state index is 13.0. The van der Waals surface area contributed by atoms with Crippen LogP contribution in [0, 0.1) is 0 Å². The molecule has 0 aliphatic carbocycles. The van der Waals surface area contributed by atoms with Crippen LogP contribution in [0.4, 0.5) is 0 Å². The van der Waals surface area contributed by atoms with E-state index in [4.69, 9.17) is 27.9 Å². The average molecular weight is 400 g/mol. The van der Waals surface area contributed by atoms with Crippen LogP contribution in [0.2, 0.25) is 10.0 Å². The molecule has 1 heterocycles. The van der Waals surface area contributed by atoms with Gasteiger partial charge in [0.15, 0.2) is 0 Å². The van der Waals surface area contributed by atoms with Crippen molar-refractivity contribution in [2.24, 2.45) is 0 Å². The van der Waals surface area contributed by atoms with Crippen LogP contribution in [0.15, 0.2) is 42.5 Å². The van der Waals surface area contributed by atoms with Crippen LogP contribution in [-0.2, 0) is 15.8 Å². The third-order valence-corrected chi connectivity index (χ3v) is 6.96. The van der Waals surface area contributed by atoms with Crippen molar-refractivity contribution in [2.45, 2.75) is 24.6 Å². The number of nitrogens with zero attached hydrogens (tertiary/aromatic N) is 1. The lowest BCUT2D eigenvalue weighted by Gasteiger charge is -2.25. The summed E-state index contributed by atoms with van der Waals surface area (Å²) in [5.74, 6) is 0.635. The highest BCUT2D eigenvalue weighted by atomic mass is 35.5. The Hall–Kier alpha value is -1.27. The van der Waals surface area contributed by atoms with Gasteiger partial charge in [-0.25, -0.2) is 8.42 Å². The maximum Gasteiger partial charge on any atom is 0.218 e. The zero-order valence-corrected chi connectivity index (χ0v) is 16.1. The van der Waals surface area contributed by atoms with E-state index in [0.29, 0.717) is 22.2 Å². The van der Waals surface area contributed by atoms with E-state index in [1.165, 1.54) is 0 Å². The van der Waals surface area contributed by atoms with E-state index in [2.05, 4.69) is 0 Å². The Morgan fingerprint density at radius 2 is 1.96 bits per heavy atom. The van der Waals surface area contributed by atoms with Gasteiger partial charge in [0, 0.05) is 12.6 Å². The number of hydrogen-bond acceptors (Lipinski definition) is 3. The van der Waals surface area contributed by atoms with Gasteiger partial charge < -0.3 is 4.74 Å². The van der Waals surface area contributed by atoms with E-state index in [9.17, 15) is 8.42 Å². The molecule has 1 atom stereocenters. The maximum absolute atomic E-state index is 13.0. The second kappa shape index (κ2) is 7.54. The van der Waals surface area contributed by atoms with Gasteiger partial charge in [-0.2, -0.15) is 4.31 Å². The lowest BCUT2D eigenvalue weighted by molar-refractivity contribution is 0.389. The van der Waals surface area contributed by atoms with Crippen molar-refractivity contribution in [1.82, 2.24) is 4.31 Å². The summed E-state index contributed by atoms with van der Waals surface area (Å²) >= 11 is 11.9. The molecule has 2 aromatic rings. The van der Waals surface area contributed by atoms with Crippen LogP contribution < -0.4 is 4.74 Å². The summed E-state index contributed by atoms with van der Waals surface area (Å²) in [6.07, 6.45) is 1.64. The minimum absolute atomic E-state index is 0.0929. The fourth-order valence-electron chi connectivity index (χ4n) is 3.18. The zero-order chi connectivity index (χ0) is 18.0. The standard InChI is InChI=1S/C18H19Cl2NO3S/c1-24-15-5-2-4-14(11-15)18-6-3-9-21(18)25(22,23)12-13-7-8-16(19)17(20)10-13/h2,4-5,7-8,10-11,18H,3,6,9,12H2,1H3. The van der Waals surface area contributed by atoms with E-state index >= 15 is 0 Å². The Bertz CT molecular complexity index is 870. The van der Waals surface area contributed by atoms with Crippen LogP contribution >= 0.6 is 23.2 Å². The number of benzene rings is 2. The molecule has 25 heavy (non-hydrogen) atoms. The van der Waals surface area contributed by atoms with Crippen molar-refractivity contribution >= 4 is 33.2 Å². The Kier molecular flexibility index (Phi) is 5.58. The number of sulfonamides is 1. The molecule has 0 N–H and O–H groups in total. The third kappa shape index (κ3) is 4.11. The van der Waals surface area contributed by atoms with Crippen LogP contribution in [-0.4, -0.2) is 26.4 Å². The topological polar surface area (TPSA) is 46.6 Å². The molecule has 3 rings (SSSR count). The van der Waals surface area contributed by atoms with Gasteiger partial charge >= 0.3 is 0 Å². The van der Waals surface area contributed by atoms with E-state index in [1.807, 2.05) is 24.3 Å². The van der Waals surface area contributed by atoms with Crippen molar-refractivity contribution in [3.63, 3.8) is 0 Å². The molecule has 0 radical (unpaired) electrons. The van der Waals surface area contributed by atoms with E-state index in [1.54, 1.807) is 29.6 Å². The molecule has 4 nitrogen and oxygen atoms in total. The first-order valence-electron chi connectivity index (χ1n) is 7.98. The lowest BCUT2D eigenvalue weighted by atomic mass is 10.1. The molecule has 1 aliphatic rings. The highest BCUT2D eigenvalue weighted by molar-refractivity contribution is 7.88. The first-order valence-corrected chi connectivity index (χ1v) is 10.3. The van der Waals surface area contributed by atoms with E-state index in [0.717, 1.165) is 24.2 Å². The molecule has 0 amide bonds. The summed E-state index contributed by atoms with van der Waals surface area (Å²) in [5.41, 5.74) is 1.58. The average Bonchev–Trinajstić information content (AvgIpc) is 3.09. The third-order valence-electron chi connectivity index (χ3n) is 4.37. The summed E-state index contributed by atoms with van der Waals surface area (Å²) in [6, 6.07) is 12.3. The molecule has 0 aromatic heterocycles. The second-order valence-corrected chi connectivity index (χ2v) is 8.79. The molecule has 1 unspecified atom stereocenters. The molecular weight excluding hydrogens is 381 g/mol. The molecule has 1 aliphatic heterocycles. The summed E-state index contributed by atoms with van der Waals surface area (Å²) in [7, 11) is -1.87. The number of halogens is 2. The molecular formula is C18H19Cl2NO3S. The van der Waals surface area contributed by atoms with Gasteiger partial charge in [0.1, 0.15) is 5.75 Å². The van der Waals surface area contributed by atoms with Crippen molar-refractivity contribution in [3.8, 4) is 5.75 Å². The molecule has 1 saturated heterocycles. The molecule has 0 spiro atoms. The Morgan fingerprint density at radius 3 is 2.68 bits per heavy atom. The Morgan fingerprint density at radius 1 is 1.16 bits per heavy atom. The fraction of sp³-hybridized carbons (Fsp3) is 0.333. The SMILES string of the molecule is COc1cccc(C2CCCN2S(=O)(=O)Cc2ccc(Cl)c(Cl)c2)c1. The van der Waals surface area contributed by atoms with Crippen LogP contribution in [0.3, 0.4) is 0 Å². The monoisotopic (exact) mass is 399 g/mol. The summed E-state index contributed by atoms with van der Waals surface area (Å²) in [4.78, 5) is 0. The second-order valence-electron chi connectivity index (χ2n) is 6.05. The Balaban J connectivity index is 1.86. The summed E-state index contributed by atoms with van der Waals surface area (Å²) in [5, 5.41) is 0.776. The Labute approximate surface area is 158 Å². The van der Waals surface area contributed by atoms with Crippen LogP contribution in [0.1, 0.15) is 30.0 Å². The lowest BCUT2D eigenvalue weighted by Crippen LogP contribution is -2.31. The number of methoxy groups -OCH3 is 1. The minimum atomic E-state index is -3.47. The summed E-state index contributed by atoms with van der Waals surface area (Å²) in [6.45, 7) is 0.519. The number of hydrogen-bond donors (Lipinski definition) is 0. The zero-order valence-electron chi connectivity index (χ0n) is 13.8. The smallest absolute Gasteiger partial charge is 0.218 e. The molecule has 134 valence electrons. The van der Waals surface area contributed by atoms with Gasteiger partial charge in [-0.05, 0) is 48.2 Å². The predicted octanol–water partition coefficient (Wildman–Crippen LogP) is 4.67. The van der Waals surface area contributed by atoms with Crippen molar-refractivity contribution in [2.75, 3.05) is 13.7 Å². The first kappa shape index (κ1) is 18.5. The quantitative estimate of drug-likeness (QED) is 0.733. The molecule has 2 aromatic carbocycles. The van der Waals surface area contributed by atoms with E-state index < -0.39 is 10.0 Å². The van der Waals surface area contributed by atoms with Crippen molar-refractivity contribution in [3.05, 3.63) is 63.6 Å². The largest absolute Gasteiger partial charge is 0.497 e. The van der Waals surface area contributed by atoms with Gasteiger partial charge in [-0.1, -0.05) is 41.4 Å². The first-order chi connectivity index (χ1) is 11.9. The van der Waals surface area contributed by atoms with Crippen molar-refractivity contribution in [1.29, 1.82) is 0 Å². The van der Waals surface area contributed by atoms with Gasteiger partial charge in [-0.15, -0.1) is 0 Å². The predicted molar refractivity (Wildman–Crippen MR) is 101 cm³/mol. The molecule has 1 fully saturated rings. The van der Waals surface area contributed by atoms with Gasteiger partial charge in [0.05, 0.1) is 22.9 Å². The molecule has 0 saturated carbocycles.